The van der Waals surface area contributed by atoms with Crippen molar-refractivity contribution in [3.05, 3.63) is 53.1 Å². The quantitative estimate of drug-likeness (QED) is 0.255. The maximum atomic E-state index is 14.5. The SMILES string of the molecule is CC(C)(C)Cc1nc2cc(F)ccc2c2nc3c(F)c(F)c(F)c(F)c3n12. The van der Waals surface area contributed by atoms with E-state index in [1.807, 2.05) is 20.8 Å². The molecule has 8 heteroatoms. The Morgan fingerprint density at radius 1 is 0.889 bits per heavy atom. The molecule has 0 saturated heterocycles. The lowest BCUT2D eigenvalue weighted by Gasteiger charge is -2.19. The molecule has 0 unspecified atom stereocenters. The van der Waals surface area contributed by atoms with Gasteiger partial charge >= 0.3 is 0 Å². The summed E-state index contributed by atoms with van der Waals surface area (Å²) >= 11 is 0. The highest BCUT2D eigenvalue weighted by molar-refractivity contribution is 5.96. The number of imidazole rings is 1. The monoisotopic (exact) mass is 379 g/mol. The van der Waals surface area contributed by atoms with E-state index in [1.165, 1.54) is 16.5 Å². The molecule has 2 aromatic carbocycles. The third-order valence-electron chi connectivity index (χ3n) is 4.27. The summed E-state index contributed by atoms with van der Waals surface area (Å²) in [6.45, 7) is 5.69. The first-order chi connectivity index (χ1) is 12.6. The lowest BCUT2D eigenvalue weighted by atomic mass is 9.92. The first kappa shape index (κ1) is 17.6. The van der Waals surface area contributed by atoms with Crippen LogP contribution in [-0.2, 0) is 6.42 Å². The van der Waals surface area contributed by atoms with Crippen molar-refractivity contribution in [3.63, 3.8) is 0 Å². The Hall–Kier alpha value is -2.77. The number of benzene rings is 2. The summed E-state index contributed by atoms with van der Waals surface area (Å²) in [6, 6.07) is 3.69. The molecule has 0 aliphatic rings. The van der Waals surface area contributed by atoms with E-state index in [9.17, 15) is 22.0 Å². The molecule has 140 valence electrons. The van der Waals surface area contributed by atoms with E-state index < -0.39 is 40.1 Å². The second-order valence-electron chi connectivity index (χ2n) is 7.65. The fraction of sp³-hybridized carbons (Fsp3) is 0.263. The van der Waals surface area contributed by atoms with Gasteiger partial charge in [0.15, 0.2) is 23.3 Å². The van der Waals surface area contributed by atoms with Crippen molar-refractivity contribution in [2.24, 2.45) is 5.41 Å². The lowest BCUT2D eigenvalue weighted by Crippen LogP contribution is -2.15. The molecule has 0 atom stereocenters. The third kappa shape index (κ3) is 2.62. The molecule has 4 rings (SSSR count). The van der Waals surface area contributed by atoms with Gasteiger partial charge in [-0.05, 0) is 17.5 Å². The highest BCUT2D eigenvalue weighted by Crippen LogP contribution is 2.32. The molecule has 0 radical (unpaired) electrons. The van der Waals surface area contributed by atoms with Gasteiger partial charge in [0, 0.05) is 17.9 Å². The van der Waals surface area contributed by atoms with Gasteiger partial charge in [-0.2, -0.15) is 0 Å². The minimum absolute atomic E-state index is 0.0528. The molecule has 27 heavy (non-hydrogen) atoms. The normalized spacial score (nSPS) is 12.6. The molecule has 3 nitrogen and oxygen atoms in total. The molecule has 0 amide bonds. The Morgan fingerprint density at radius 2 is 1.56 bits per heavy atom. The van der Waals surface area contributed by atoms with Crippen LogP contribution in [0.2, 0.25) is 0 Å². The van der Waals surface area contributed by atoms with E-state index in [4.69, 9.17) is 0 Å². The molecule has 0 saturated carbocycles. The molecule has 0 N–H and O–H groups in total. The van der Waals surface area contributed by atoms with Crippen molar-refractivity contribution in [2.75, 3.05) is 0 Å². The smallest absolute Gasteiger partial charge is 0.199 e. The molecule has 0 fully saturated rings. The number of hydrogen-bond acceptors (Lipinski definition) is 2. The number of aromatic nitrogens is 3. The van der Waals surface area contributed by atoms with Crippen molar-refractivity contribution >= 4 is 27.6 Å². The minimum Gasteiger partial charge on any atom is -0.277 e. The van der Waals surface area contributed by atoms with Crippen molar-refractivity contribution in [1.82, 2.24) is 14.4 Å². The molecular weight excluding hydrogens is 365 g/mol. The zero-order valence-electron chi connectivity index (χ0n) is 14.7. The fourth-order valence-corrected chi connectivity index (χ4v) is 3.18. The van der Waals surface area contributed by atoms with Gasteiger partial charge in [-0.25, -0.2) is 31.9 Å². The number of rotatable bonds is 1. The predicted molar refractivity (Wildman–Crippen MR) is 90.9 cm³/mol. The lowest BCUT2D eigenvalue weighted by molar-refractivity contribution is 0.398. The summed E-state index contributed by atoms with van der Waals surface area (Å²) in [7, 11) is 0. The number of fused-ring (bicyclic) bond motifs is 5. The third-order valence-corrected chi connectivity index (χ3v) is 4.27. The van der Waals surface area contributed by atoms with Crippen LogP contribution in [0, 0.1) is 34.5 Å². The van der Waals surface area contributed by atoms with Crippen molar-refractivity contribution < 1.29 is 22.0 Å². The standard InChI is InChI=1S/C19H14F5N3/c1-19(2,3)7-11-25-10-6-8(20)4-5-9(10)18-26-16-14(23)12(21)13(22)15(24)17(16)27(11)18/h4-6H,7H2,1-3H3. The zero-order chi connectivity index (χ0) is 19.7. The summed E-state index contributed by atoms with van der Waals surface area (Å²) in [6.07, 6.45) is 0.279. The second kappa shape index (κ2) is 5.61. The van der Waals surface area contributed by atoms with Gasteiger partial charge in [0.2, 0.25) is 0 Å². The predicted octanol–water partition coefficient (Wildman–Crippen LogP) is 5.32. The van der Waals surface area contributed by atoms with E-state index in [1.54, 1.807) is 0 Å². The van der Waals surface area contributed by atoms with Crippen LogP contribution in [-0.4, -0.2) is 14.4 Å². The highest BCUT2D eigenvalue weighted by Gasteiger charge is 2.27. The van der Waals surface area contributed by atoms with Crippen molar-refractivity contribution in [1.29, 1.82) is 0 Å². The second-order valence-corrected chi connectivity index (χ2v) is 7.65. The molecule has 2 aromatic heterocycles. The molecule has 0 spiro atoms. The van der Waals surface area contributed by atoms with Gasteiger partial charge in [0.05, 0.1) is 5.52 Å². The molecule has 4 aromatic rings. The molecule has 2 heterocycles. The van der Waals surface area contributed by atoms with Gasteiger partial charge in [-0.3, -0.25) is 4.40 Å². The van der Waals surface area contributed by atoms with Crippen molar-refractivity contribution in [2.45, 2.75) is 27.2 Å². The van der Waals surface area contributed by atoms with Crippen molar-refractivity contribution in [3.8, 4) is 0 Å². The summed E-state index contributed by atoms with van der Waals surface area (Å²) in [4.78, 5) is 8.38. The summed E-state index contributed by atoms with van der Waals surface area (Å²) in [5, 5.41) is 0.310. The maximum absolute atomic E-state index is 14.5. The summed E-state index contributed by atoms with van der Waals surface area (Å²) < 4.78 is 71.2. The van der Waals surface area contributed by atoms with Gasteiger partial charge in [0.1, 0.15) is 28.3 Å². The van der Waals surface area contributed by atoms with E-state index >= 15 is 0 Å². The van der Waals surface area contributed by atoms with Gasteiger partial charge in [-0.15, -0.1) is 0 Å². The van der Waals surface area contributed by atoms with Crippen LogP contribution in [0.15, 0.2) is 18.2 Å². The first-order valence-electron chi connectivity index (χ1n) is 8.21. The Bertz CT molecular complexity index is 1240. The van der Waals surface area contributed by atoms with Crippen LogP contribution in [0.4, 0.5) is 22.0 Å². The average Bonchev–Trinajstić information content (AvgIpc) is 2.97. The van der Waals surface area contributed by atoms with E-state index in [-0.39, 0.29) is 28.8 Å². The maximum Gasteiger partial charge on any atom is 0.199 e. The Kier molecular flexibility index (Phi) is 3.66. The Morgan fingerprint density at radius 3 is 2.22 bits per heavy atom. The van der Waals surface area contributed by atoms with Crippen LogP contribution < -0.4 is 0 Å². The molecule has 0 aliphatic carbocycles. The summed E-state index contributed by atoms with van der Waals surface area (Å²) in [5.41, 5.74) is -1.21. The highest BCUT2D eigenvalue weighted by atomic mass is 19.2. The number of hydrogen-bond donors (Lipinski definition) is 0. The van der Waals surface area contributed by atoms with Crippen LogP contribution >= 0.6 is 0 Å². The van der Waals surface area contributed by atoms with Crippen LogP contribution in [0.3, 0.4) is 0 Å². The Labute approximate surface area is 150 Å². The molecule has 0 bridgehead atoms. The number of nitrogens with zero attached hydrogens (tertiary/aromatic N) is 3. The van der Waals surface area contributed by atoms with Gasteiger partial charge in [-0.1, -0.05) is 20.8 Å². The number of halogens is 5. The first-order valence-corrected chi connectivity index (χ1v) is 8.21. The van der Waals surface area contributed by atoms with Crippen LogP contribution in [0.1, 0.15) is 26.6 Å². The fourth-order valence-electron chi connectivity index (χ4n) is 3.18. The average molecular weight is 379 g/mol. The van der Waals surface area contributed by atoms with Gasteiger partial charge in [0.25, 0.3) is 0 Å². The van der Waals surface area contributed by atoms with Crippen LogP contribution in [0.25, 0.3) is 27.6 Å². The topological polar surface area (TPSA) is 30.2 Å². The minimum atomic E-state index is -1.93. The van der Waals surface area contributed by atoms with E-state index in [2.05, 4.69) is 9.97 Å². The largest absolute Gasteiger partial charge is 0.277 e. The van der Waals surface area contributed by atoms with Crippen LogP contribution in [0.5, 0.6) is 0 Å². The summed E-state index contributed by atoms with van der Waals surface area (Å²) in [5.74, 6) is -7.26. The van der Waals surface area contributed by atoms with E-state index in [0.717, 1.165) is 6.07 Å². The molecule has 0 aliphatic heterocycles. The van der Waals surface area contributed by atoms with E-state index in [0.29, 0.717) is 5.39 Å². The zero-order valence-corrected chi connectivity index (χ0v) is 14.7. The molecular formula is C19H14F5N3. The van der Waals surface area contributed by atoms with Gasteiger partial charge < -0.3 is 0 Å². The Balaban J connectivity index is 2.28.